The number of nitrogens with one attached hydrogen (secondary N) is 3. The van der Waals surface area contributed by atoms with E-state index in [0.29, 0.717) is 19.5 Å². The van der Waals surface area contributed by atoms with Gasteiger partial charge in [0.05, 0.1) is 6.04 Å². The normalized spacial score (nSPS) is 24.8. The molecule has 3 amide bonds. The van der Waals surface area contributed by atoms with Crippen LogP contribution in [-0.4, -0.2) is 67.0 Å². The van der Waals surface area contributed by atoms with E-state index in [0.717, 1.165) is 36.1 Å². The fourth-order valence-corrected chi connectivity index (χ4v) is 4.70. The fraction of sp³-hybridized carbons (Fsp3) is 0.516. The van der Waals surface area contributed by atoms with Crippen LogP contribution in [0.1, 0.15) is 51.7 Å². The zero-order valence-corrected chi connectivity index (χ0v) is 23.9. The van der Waals surface area contributed by atoms with E-state index >= 15 is 0 Å². The Morgan fingerprint density at radius 2 is 1.69 bits per heavy atom. The van der Waals surface area contributed by atoms with Gasteiger partial charge in [-0.3, -0.25) is 14.4 Å². The number of nitrogens with zero attached hydrogens (tertiary/aromatic N) is 1. The maximum atomic E-state index is 13.6. The number of para-hydroxylation sites is 1. The summed E-state index contributed by atoms with van der Waals surface area (Å²) in [6.45, 7) is 8.70. The molecule has 3 N–H and O–H groups in total. The first kappa shape index (κ1) is 30.2. The number of carbonyl (C=O) groups excluding carboxylic acids is 3. The Morgan fingerprint density at radius 1 is 1.00 bits per heavy atom. The zero-order valence-electron chi connectivity index (χ0n) is 23.9. The number of carbonyl (C=O) groups is 3. The number of hydrogen-bond acceptors (Lipinski definition) is 5. The van der Waals surface area contributed by atoms with E-state index < -0.39 is 18.1 Å². The van der Waals surface area contributed by atoms with Gasteiger partial charge in [0.1, 0.15) is 23.9 Å². The minimum atomic E-state index is -0.760. The molecule has 0 aliphatic carbocycles. The molecule has 0 saturated carbocycles. The van der Waals surface area contributed by atoms with Gasteiger partial charge < -0.3 is 25.6 Å². The molecule has 1 heterocycles. The summed E-state index contributed by atoms with van der Waals surface area (Å²) < 4.78 is 6.27. The molecule has 8 heteroatoms. The number of benzene rings is 2. The second kappa shape index (κ2) is 14.7. The topological polar surface area (TPSA) is 99.8 Å². The van der Waals surface area contributed by atoms with Gasteiger partial charge in [-0.2, -0.15) is 0 Å². The van der Waals surface area contributed by atoms with E-state index in [1.165, 1.54) is 4.90 Å². The van der Waals surface area contributed by atoms with Crippen LogP contribution in [0.3, 0.4) is 0 Å². The first-order valence-corrected chi connectivity index (χ1v) is 14.1. The van der Waals surface area contributed by atoms with Crippen molar-refractivity contribution in [1.29, 1.82) is 0 Å². The molecule has 2 aromatic rings. The second-order valence-corrected chi connectivity index (χ2v) is 10.6. The lowest BCUT2D eigenvalue weighted by Crippen LogP contribution is -2.57. The quantitative estimate of drug-likeness (QED) is 0.558. The number of rotatable bonds is 4. The third kappa shape index (κ3) is 8.55. The van der Waals surface area contributed by atoms with Crippen LogP contribution in [0.25, 0.3) is 0 Å². The average molecular weight is 537 g/mol. The Labute approximate surface area is 232 Å². The highest BCUT2D eigenvalue weighted by molar-refractivity contribution is 5.93. The lowest BCUT2D eigenvalue weighted by atomic mass is 9.97. The van der Waals surface area contributed by atoms with Crippen molar-refractivity contribution < 1.29 is 19.1 Å². The maximum Gasteiger partial charge on any atom is 0.243 e. The SMILES string of the molecule is CC[C@H](C)[C@@H]1NC[C@H](C)Oc2ccccc2CCCNC(=O)[C@@H](Cc2ccccc2)NC(=O)[C@@H](C)N(C)C1=O. The highest BCUT2D eigenvalue weighted by atomic mass is 16.5. The van der Waals surface area contributed by atoms with Gasteiger partial charge in [0.25, 0.3) is 0 Å². The van der Waals surface area contributed by atoms with E-state index in [-0.39, 0.29) is 29.7 Å². The average Bonchev–Trinajstić information content (AvgIpc) is 2.94. The number of fused-ring (bicyclic) bond motifs is 1. The van der Waals surface area contributed by atoms with E-state index in [1.54, 1.807) is 14.0 Å². The van der Waals surface area contributed by atoms with E-state index in [2.05, 4.69) is 16.0 Å². The van der Waals surface area contributed by atoms with Crippen molar-refractivity contribution >= 4 is 17.7 Å². The molecule has 39 heavy (non-hydrogen) atoms. The Morgan fingerprint density at radius 3 is 2.41 bits per heavy atom. The molecule has 0 bridgehead atoms. The number of ether oxygens (including phenoxy) is 1. The van der Waals surface area contributed by atoms with Crippen molar-refractivity contribution in [3.8, 4) is 5.75 Å². The van der Waals surface area contributed by atoms with Crippen LogP contribution in [0.15, 0.2) is 54.6 Å². The van der Waals surface area contributed by atoms with Gasteiger partial charge in [-0.05, 0) is 49.8 Å². The molecule has 1 aliphatic heterocycles. The first-order chi connectivity index (χ1) is 18.7. The summed E-state index contributed by atoms with van der Waals surface area (Å²) in [5.41, 5.74) is 2.01. The van der Waals surface area contributed by atoms with E-state index in [4.69, 9.17) is 4.74 Å². The maximum absolute atomic E-state index is 13.6. The Bertz CT molecular complexity index is 1090. The molecule has 2 aromatic carbocycles. The van der Waals surface area contributed by atoms with Crippen molar-refractivity contribution in [3.05, 3.63) is 65.7 Å². The van der Waals surface area contributed by atoms with Crippen LogP contribution >= 0.6 is 0 Å². The highest BCUT2D eigenvalue weighted by Crippen LogP contribution is 2.21. The summed E-state index contributed by atoms with van der Waals surface area (Å²) in [7, 11) is 1.64. The third-order valence-corrected chi connectivity index (χ3v) is 7.55. The summed E-state index contributed by atoms with van der Waals surface area (Å²) in [4.78, 5) is 41.6. The second-order valence-electron chi connectivity index (χ2n) is 10.6. The summed E-state index contributed by atoms with van der Waals surface area (Å²) >= 11 is 0. The van der Waals surface area contributed by atoms with Gasteiger partial charge >= 0.3 is 0 Å². The highest BCUT2D eigenvalue weighted by Gasteiger charge is 2.33. The molecule has 0 unspecified atom stereocenters. The van der Waals surface area contributed by atoms with Crippen LogP contribution in [0.5, 0.6) is 5.75 Å². The molecular formula is C31H44N4O4. The minimum absolute atomic E-state index is 0.0527. The molecule has 0 fully saturated rings. The summed E-state index contributed by atoms with van der Waals surface area (Å²) in [5, 5.41) is 9.32. The lowest BCUT2D eigenvalue weighted by Gasteiger charge is -2.33. The molecule has 0 radical (unpaired) electrons. The fourth-order valence-electron chi connectivity index (χ4n) is 4.70. The Kier molecular flexibility index (Phi) is 11.3. The summed E-state index contributed by atoms with van der Waals surface area (Å²) in [5.74, 6) is 0.0932. The standard InChI is InChI=1S/C31H44N4O4/c1-6-21(2)28-31(38)35(5)23(4)29(36)34-26(19-24-13-8-7-9-14-24)30(37)32-18-12-16-25-15-10-11-17-27(25)39-22(3)20-33-28/h7-11,13-15,17,21-23,26,28,33H,6,12,16,18-20H2,1-5H3,(H,32,37)(H,34,36)/t21-,22-,23+,26+,28-/m0/s1. The van der Waals surface area contributed by atoms with Gasteiger partial charge in [-0.25, -0.2) is 0 Å². The monoisotopic (exact) mass is 536 g/mol. The van der Waals surface area contributed by atoms with Gasteiger partial charge in [-0.1, -0.05) is 68.8 Å². The Hall–Kier alpha value is -3.39. The smallest absolute Gasteiger partial charge is 0.243 e. The third-order valence-electron chi connectivity index (χ3n) is 7.55. The largest absolute Gasteiger partial charge is 0.489 e. The summed E-state index contributed by atoms with van der Waals surface area (Å²) in [6, 6.07) is 15.5. The van der Waals surface area contributed by atoms with Gasteiger partial charge in [-0.15, -0.1) is 0 Å². The van der Waals surface area contributed by atoms with Crippen molar-refractivity contribution in [2.45, 2.75) is 77.6 Å². The van der Waals surface area contributed by atoms with Crippen molar-refractivity contribution in [2.75, 3.05) is 20.1 Å². The molecule has 212 valence electrons. The van der Waals surface area contributed by atoms with Gasteiger partial charge in [0.15, 0.2) is 0 Å². The number of likely N-dealkylation sites (N-methyl/N-ethyl adjacent to an activating group) is 1. The molecule has 1 aliphatic rings. The minimum Gasteiger partial charge on any atom is -0.489 e. The zero-order chi connectivity index (χ0) is 28.4. The van der Waals surface area contributed by atoms with E-state index in [9.17, 15) is 14.4 Å². The molecule has 8 nitrogen and oxygen atoms in total. The van der Waals surface area contributed by atoms with Crippen LogP contribution in [0.2, 0.25) is 0 Å². The Balaban J connectivity index is 1.88. The van der Waals surface area contributed by atoms with E-state index in [1.807, 2.05) is 75.4 Å². The van der Waals surface area contributed by atoms with Crippen LogP contribution in [-0.2, 0) is 27.2 Å². The molecule has 5 atom stereocenters. The van der Waals surface area contributed by atoms with Crippen molar-refractivity contribution in [3.63, 3.8) is 0 Å². The number of amides is 3. The molecule has 3 rings (SSSR count). The molecular weight excluding hydrogens is 492 g/mol. The van der Waals surface area contributed by atoms with Crippen molar-refractivity contribution in [1.82, 2.24) is 20.9 Å². The predicted octanol–water partition coefficient (Wildman–Crippen LogP) is 3.10. The van der Waals surface area contributed by atoms with Crippen LogP contribution < -0.4 is 20.7 Å². The molecule has 0 spiro atoms. The predicted molar refractivity (Wildman–Crippen MR) is 153 cm³/mol. The number of aryl methyl sites for hydroxylation is 1. The van der Waals surface area contributed by atoms with Gasteiger partial charge in [0, 0.05) is 26.6 Å². The lowest BCUT2D eigenvalue weighted by molar-refractivity contribution is -0.141. The van der Waals surface area contributed by atoms with Crippen LogP contribution in [0, 0.1) is 5.92 Å². The van der Waals surface area contributed by atoms with Gasteiger partial charge in [0.2, 0.25) is 17.7 Å². The summed E-state index contributed by atoms with van der Waals surface area (Å²) in [6.07, 6.45) is 2.45. The molecule has 0 saturated heterocycles. The first-order valence-electron chi connectivity index (χ1n) is 14.1. The number of hydrogen-bond donors (Lipinski definition) is 3. The van der Waals surface area contributed by atoms with Crippen molar-refractivity contribution in [2.24, 2.45) is 5.92 Å². The van der Waals surface area contributed by atoms with Crippen LogP contribution in [0.4, 0.5) is 0 Å². The molecule has 0 aromatic heterocycles.